The maximum atomic E-state index is 13.0. The van der Waals surface area contributed by atoms with Gasteiger partial charge in [0.15, 0.2) is 17.9 Å². The molecule has 0 saturated heterocycles. The van der Waals surface area contributed by atoms with Crippen LogP contribution < -0.4 is 0 Å². The topological polar surface area (TPSA) is 63.6 Å². The highest BCUT2D eigenvalue weighted by Crippen LogP contribution is 2.21. The van der Waals surface area contributed by atoms with Crippen LogP contribution in [0.5, 0.6) is 5.75 Å². The summed E-state index contributed by atoms with van der Waals surface area (Å²) in [5.74, 6) is 1.89. The first-order valence-corrected chi connectivity index (χ1v) is 4.16. The Kier molecular flexibility index (Phi) is 3.62. The molecule has 5 heteroatoms. The lowest BCUT2D eigenvalue weighted by molar-refractivity contribution is -0.133. The number of rotatable bonds is 1. The van der Waals surface area contributed by atoms with Gasteiger partial charge in [0.25, 0.3) is 0 Å². The van der Waals surface area contributed by atoms with Crippen molar-refractivity contribution in [3.63, 3.8) is 0 Å². The summed E-state index contributed by atoms with van der Waals surface area (Å²) >= 11 is 0. The fraction of sp³-hybridized carbons (Fsp3) is 0.0909. The van der Waals surface area contributed by atoms with Gasteiger partial charge in [-0.3, -0.25) is 4.79 Å². The van der Waals surface area contributed by atoms with E-state index in [4.69, 9.17) is 5.11 Å². The van der Waals surface area contributed by atoms with E-state index < -0.39 is 17.5 Å². The van der Waals surface area contributed by atoms with Gasteiger partial charge in [0.2, 0.25) is 0 Å². The van der Waals surface area contributed by atoms with Crippen LogP contribution >= 0.6 is 0 Å². The molecule has 1 N–H and O–H groups in total. The summed E-state index contributed by atoms with van der Waals surface area (Å²) in [5, 5.41) is 9.10. The molecule has 0 fully saturated rings. The van der Waals surface area contributed by atoms with Gasteiger partial charge in [0, 0.05) is 11.5 Å². The normalized spacial score (nSPS) is 8.88. The Labute approximate surface area is 90.7 Å². The molecule has 0 spiro atoms. The number of benzene rings is 1. The van der Waals surface area contributed by atoms with Gasteiger partial charge in [-0.05, 0) is 12.1 Å². The Morgan fingerprint density at radius 3 is 2.81 bits per heavy atom. The minimum absolute atomic E-state index is 0.0998. The second-order valence-electron chi connectivity index (χ2n) is 2.76. The lowest BCUT2D eigenvalue weighted by Gasteiger charge is -1.99. The molecule has 1 aromatic rings. The van der Waals surface area contributed by atoms with Crippen molar-refractivity contribution in [2.45, 2.75) is 0 Å². The summed E-state index contributed by atoms with van der Waals surface area (Å²) in [5.41, 5.74) is -0.128. The van der Waals surface area contributed by atoms with Crippen molar-refractivity contribution < 1.29 is 23.8 Å². The van der Waals surface area contributed by atoms with Crippen LogP contribution in [0.3, 0.4) is 0 Å². The van der Waals surface area contributed by atoms with Gasteiger partial charge in [0.1, 0.15) is 0 Å². The molecule has 0 atom stereocenters. The Hall–Kier alpha value is -2.35. The second-order valence-corrected chi connectivity index (χ2v) is 2.76. The average molecular weight is 222 g/mol. The van der Waals surface area contributed by atoms with E-state index in [1.165, 1.54) is 6.07 Å². The fourth-order valence-corrected chi connectivity index (χ4v) is 0.957. The number of phenolic OH excluding ortho intramolecular Hbond substituents is 1. The number of methoxy groups -OCH3 is 1. The van der Waals surface area contributed by atoms with Crippen molar-refractivity contribution in [3.05, 3.63) is 29.1 Å². The molecule has 0 aromatic heterocycles. The highest BCUT2D eigenvalue weighted by molar-refractivity contribution is 5.89. The number of carbonyl (C=O) groups excluding carboxylic acids is 2. The van der Waals surface area contributed by atoms with E-state index in [0.29, 0.717) is 6.29 Å². The van der Waals surface area contributed by atoms with E-state index in [0.717, 1.165) is 13.2 Å². The minimum atomic E-state index is -0.973. The molecule has 0 aliphatic rings. The molecule has 16 heavy (non-hydrogen) atoms. The average Bonchev–Trinajstić information content (AvgIpc) is 2.29. The molecule has 1 aromatic carbocycles. The molecular formula is C11H7FO4. The van der Waals surface area contributed by atoms with Crippen molar-refractivity contribution in [2.24, 2.45) is 0 Å². The van der Waals surface area contributed by atoms with E-state index in [2.05, 4.69) is 16.6 Å². The summed E-state index contributed by atoms with van der Waals surface area (Å²) < 4.78 is 17.3. The molecule has 0 bridgehead atoms. The van der Waals surface area contributed by atoms with Crippen molar-refractivity contribution >= 4 is 12.3 Å². The summed E-state index contributed by atoms with van der Waals surface area (Å²) in [6.07, 6.45) is 0.293. The molecule has 0 aliphatic heterocycles. The molecule has 0 aliphatic carbocycles. The van der Waals surface area contributed by atoms with E-state index in [-0.39, 0.29) is 11.1 Å². The molecule has 4 nitrogen and oxygen atoms in total. The third-order valence-electron chi connectivity index (χ3n) is 1.71. The first kappa shape index (κ1) is 11.7. The number of aldehydes is 1. The van der Waals surface area contributed by atoms with Crippen molar-refractivity contribution in [2.75, 3.05) is 7.11 Å². The van der Waals surface area contributed by atoms with Crippen molar-refractivity contribution in [1.82, 2.24) is 0 Å². The predicted octanol–water partition coefficient (Wildman–Crippen LogP) is 0.868. The number of esters is 1. The standard InChI is InChI=1S/C11H7FO4/c1-16-10(14)3-2-7-4-8(6-13)11(15)9(12)5-7/h4-6,15H,1H3. The summed E-state index contributed by atoms with van der Waals surface area (Å²) in [7, 11) is 1.16. The Bertz CT molecular complexity index is 497. The van der Waals surface area contributed by atoms with Crippen LogP contribution in [0.2, 0.25) is 0 Å². The molecular weight excluding hydrogens is 215 g/mol. The molecule has 0 amide bonds. The quantitative estimate of drug-likeness (QED) is 0.435. The lowest BCUT2D eigenvalue weighted by atomic mass is 10.1. The number of halogens is 1. The largest absolute Gasteiger partial charge is 0.504 e. The molecule has 0 saturated carbocycles. The van der Waals surface area contributed by atoms with Gasteiger partial charge >= 0.3 is 5.97 Å². The van der Waals surface area contributed by atoms with Crippen LogP contribution in [-0.4, -0.2) is 24.5 Å². The smallest absolute Gasteiger partial charge is 0.384 e. The number of carbonyl (C=O) groups is 2. The zero-order valence-corrected chi connectivity index (χ0v) is 8.28. The zero-order valence-electron chi connectivity index (χ0n) is 8.28. The van der Waals surface area contributed by atoms with Crippen molar-refractivity contribution in [1.29, 1.82) is 0 Å². The van der Waals surface area contributed by atoms with E-state index in [9.17, 15) is 14.0 Å². The lowest BCUT2D eigenvalue weighted by Crippen LogP contribution is -1.95. The third kappa shape index (κ3) is 2.58. The van der Waals surface area contributed by atoms with Gasteiger partial charge < -0.3 is 9.84 Å². The number of phenols is 1. The Morgan fingerprint density at radius 1 is 1.56 bits per heavy atom. The second kappa shape index (κ2) is 4.94. The predicted molar refractivity (Wildman–Crippen MR) is 52.3 cm³/mol. The van der Waals surface area contributed by atoms with E-state index >= 15 is 0 Å². The van der Waals surface area contributed by atoms with Crippen LogP contribution in [0.1, 0.15) is 15.9 Å². The molecule has 0 unspecified atom stereocenters. The maximum Gasteiger partial charge on any atom is 0.384 e. The van der Waals surface area contributed by atoms with E-state index in [1.54, 1.807) is 0 Å². The number of ether oxygens (including phenoxy) is 1. The minimum Gasteiger partial charge on any atom is -0.504 e. The molecule has 82 valence electrons. The van der Waals surface area contributed by atoms with Gasteiger partial charge in [-0.2, -0.15) is 0 Å². The van der Waals surface area contributed by atoms with Gasteiger partial charge in [-0.25, -0.2) is 9.18 Å². The first-order chi connectivity index (χ1) is 7.58. The number of hydrogen-bond acceptors (Lipinski definition) is 4. The van der Waals surface area contributed by atoms with E-state index in [1.807, 2.05) is 0 Å². The highest BCUT2D eigenvalue weighted by Gasteiger charge is 2.08. The van der Waals surface area contributed by atoms with Gasteiger partial charge in [-0.1, -0.05) is 5.92 Å². The SMILES string of the molecule is COC(=O)C#Cc1cc(F)c(O)c(C=O)c1. The maximum absolute atomic E-state index is 13.0. The molecule has 0 heterocycles. The molecule has 1 rings (SSSR count). The highest BCUT2D eigenvalue weighted by atomic mass is 19.1. The van der Waals surface area contributed by atoms with Crippen LogP contribution in [0.25, 0.3) is 0 Å². The third-order valence-corrected chi connectivity index (χ3v) is 1.71. The molecule has 0 radical (unpaired) electrons. The van der Waals surface area contributed by atoms with Gasteiger partial charge in [-0.15, -0.1) is 0 Å². The summed E-state index contributed by atoms with van der Waals surface area (Å²) in [6, 6.07) is 2.08. The van der Waals surface area contributed by atoms with Crippen LogP contribution in [0.15, 0.2) is 12.1 Å². The van der Waals surface area contributed by atoms with Gasteiger partial charge in [0.05, 0.1) is 12.7 Å². The van der Waals surface area contributed by atoms with Crippen LogP contribution in [0.4, 0.5) is 4.39 Å². The zero-order chi connectivity index (χ0) is 12.1. The fourth-order valence-electron chi connectivity index (χ4n) is 0.957. The number of aromatic hydroxyl groups is 1. The van der Waals surface area contributed by atoms with Crippen LogP contribution in [-0.2, 0) is 9.53 Å². The summed E-state index contributed by atoms with van der Waals surface area (Å²) in [6.45, 7) is 0. The Balaban J connectivity index is 3.15. The number of hydrogen-bond donors (Lipinski definition) is 1. The Morgan fingerprint density at radius 2 is 2.25 bits per heavy atom. The monoisotopic (exact) mass is 222 g/mol. The summed E-state index contributed by atoms with van der Waals surface area (Å²) in [4.78, 5) is 21.1. The van der Waals surface area contributed by atoms with Crippen LogP contribution in [0, 0.1) is 17.7 Å². The van der Waals surface area contributed by atoms with Crippen molar-refractivity contribution in [3.8, 4) is 17.6 Å². The first-order valence-electron chi connectivity index (χ1n) is 4.16.